The van der Waals surface area contributed by atoms with Crippen LogP contribution in [0.5, 0.6) is 0 Å². The number of hydrogen-bond donors (Lipinski definition) is 3. The molecule has 0 unspecified atom stereocenters. The second kappa shape index (κ2) is 6.18. The number of hydrogen-bond acceptors (Lipinski definition) is 4. The number of anilines is 1. The first-order valence-corrected chi connectivity index (χ1v) is 5.65. The van der Waals surface area contributed by atoms with Crippen LogP contribution in [-0.2, 0) is 10.0 Å². The summed E-state index contributed by atoms with van der Waals surface area (Å²) in [5.41, 5.74) is 10.8. The highest BCUT2D eigenvalue weighted by Gasteiger charge is 2.04. The summed E-state index contributed by atoms with van der Waals surface area (Å²) in [6.45, 7) is 3.94. The van der Waals surface area contributed by atoms with Crippen LogP contribution in [0.2, 0.25) is 0 Å². The number of rotatable bonds is 2. The maximum atomic E-state index is 10.7. The van der Waals surface area contributed by atoms with Gasteiger partial charge in [0.15, 0.2) is 0 Å². The normalized spacial score (nSPS) is 10.0. The summed E-state index contributed by atoms with van der Waals surface area (Å²) in [6.07, 6.45) is 1.65. The Hall–Kier alpha value is -1.37. The average Bonchev–Trinajstić information content (AvgIpc) is 2.17. The third-order valence-electron chi connectivity index (χ3n) is 1.38. The molecule has 0 atom stereocenters. The zero-order valence-corrected chi connectivity index (χ0v) is 9.07. The van der Waals surface area contributed by atoms with Crippen LogP contribution in [0.15, 0.2) is 41.8 Å². The number of sulfonamides is 1. The van der Waals surface area contributed by atoms with Crippen molar-refractivity contribution in [3.05, 3.63) is 36.9 Å². The van der Waals surface area contributed by atoms with Gasteiger partial charge in [-0.1, -0.05) is 6.08 Å². The summed E-state index contributed by atoms with van der Waals surface area (Å²) in [5.74, 6) is 0. The van der Waals surface area contributed by atoms with Gasteiger partial charge >= 0.3 is 0 Å². The molecule has 1 rings (SSSR count). The minimum absolute atomic E-state index is 0.0756. The van der Waals surface area contributed by atoms with E-state index in [1.54, 1.807) is 6.08 Å². The predicted molar refractivity (Wildman–Crippen MR) is 61.5 cm³/mol. The monoisotopic (exact) mass is 229 g/mol. The van der Waals surface area contributed by atoms with Gasteiger partial charge in [-0.25, -0.2) is 13.6 Å². The Bertz CT molecular complexity index is 398. The fourth-order valence-corrected chi connectivity index (χ4v) is 1.17. The van der Waals surface area contributed by atoms with E-state index >= 15 is 0 Å². The molecule has 84 valence electrons. The molecule has 0 radical (unpaired) electrons. The molecule has 0 amide bonds. The molecule has 15 heavy (non-hydrogen) atoms. The Morgan fingerprint density at radius 2 is 1.67 bits per heavy atom. The van der Waals surface area contributed by atoms with Gasteiger partial charge in [0.05, 0.1) is 4.90 Å². The molecule has 0 fully saturated rings. The topological polar surface area (TPSA) is 112 Å². The minimum atomic E-state index is -3.58. The molecule has 0 aliphatic carbocycles. The van der Waals surface area contributed by atoms with Crippen LogP contribution in [0.25, 0.3) is 0 Å². The molecule has 0 heterocycles. The van der Waals surface area contributed by atoms with Gasteiger partial charge in [-0.3, -0.25) is 0 Å². The predicted octanol–water partition coefficient (Wildman–Crippen LogP) is 0.0473. The zero-order chi connectivity index (χ0) is 11.9. The fraction of sp³-hybridized carbons (Fsp3) is 0.111. The van der Waals surface area contributed by atoms with Crippen molar-refractivity contribution in [1.29, 1.82) is 0 Å². The Morgan fingerprint density at radius 1 is 1.27 bits per heavy atom. The van der Waals surface area contributed by atoms with Crippen molar-refractivity contribution >= 4 is 15.7 Å². The van der Waals surface area contributed by atoms with Crippen molar-refractivity contribution in [2.75, 3.05) is 12.3 Å². The molecule has 1 aromatic rings. The van der Waals surface area contributed by atoms with Crippen molar-refractivity contribution in [1.82, 2.24) is 0 Å². The van der Waals surface area contributed by atoms with Crippen LogP contribution in [0.3, 0.4) is 0 Å². The maximum absolute atomic E-state index is 10.7. The number of nitrogens with two attached hydrogens (primary N) is 3. The van der Waals surface area contributed by atoms with Crippen molar-refractivity contribution < 1.29 is 8.42 Å². The second-order valence-corrected chi connectivity index (χ2v) is 4.20. The summed E-state index contributed by atoms with van der Waals surface area (Å²) in [4.78, 5) is 0.0756. The van der Waals surface area contributed by atoms with E-state index in [4.69, 9.17) is 16.6 Å². The summed E-state index contributed by atoms with van der Waals surface area (Å²) in [5, 5.41) is 4.84. The number of nitrogen functional groups attached to an aromatic ring is 1. The van der Waals surface area contributed by atoms with E-state index in [9.17, 15) is 8.42 Å². The Kier molecular flexibility index (Phi) is 5.61. The first-order chi connectivity index (χ1) is 6.91. The van der Waals surface area contributed by atoms with Crippen LogP contribution < -0.4 is 16.6 Å². The van der Waals surface area contributed by atoms with Gasteiger partial charge in [-0.05, 0) is 24.3 Å². The lowest BCUT2D eigenvalue weighted by Crippen LogP contribution is -2.11. The summed E-state index contributed by atoms with van der Waals surface area (Å²) in [6, 6.07) is 5.70. The standard InChI is InChI=1S/C6H8N2O2S.C3H7N/c7-5-1-3-6(4-2-5)11(8,9)10;1-2-3-4/h1-4H,7H2,(H2,8,9,10);2H,1,3-4H2. The average molecular weight is 229 g/mol. The molecule has 6 heteroatoms. The van der Waals surface area contributed by atoms with Crippen LogP contribution in [0.4, 0.5) is 5.69 Å². The van der Waals surface area contributed by atoms with Crippen molar-refractivity contribution in [3.63, 3.8) is 0 Å². The van der Waals surface area contributed by atoms with E-state index in [0.29, 0.717) is 12.2 Å². The molecule has 0 spiro atoms. The number of benzene rings is 1. The molecule has 5 nitrogen and oxygen atoms in total. The van der Waals surface area contributed by atoms with Gasteiger partial charge < -0.3 is 11.5 Å². The van der Waals surface area contributed by atoms with E-state index in [-0.39, 0.29) is 4.90 Å². The third kappa shape index (κ3) is 5.84. The second-order valence-electron chi connectivity index (χ2n) is 2.64. The zero-order valence-electron chi connectivity index (χ0n) is 8.26. The summed E-state index contributed by atoms with van der Waals surface area (Å²) >= 11 is 0. The molecule has 1 aromatic carbocycles. The highest BCUT2D eigenvalue weighted by Crippen LogP contribution is 2.08. The summed E-state index contributed by atoms with van der Waals surface area (Å²) in [7, 11) is -3.58. The molecule has 0 saturated heterocycles. The van der Waals surface area contributed by atoms with Crippen LogP contribution in [-0.4, -0.2) is 15.0 Å². The highest BCUT2D eigenvalue weighted by molar-refractivity contribution is 7.89. The summed E-state index contributed by atoms with van der Waals surface area (Å²) < 4.78 is 21.4. The van der Waals surface area contributed by atoms with Crippen LogP contribution in [0.1, 0.15) is 0 Å². The Balaban J connectivity index is 0.000000423. The highest BCUT2D eigenvalue weighted by atomic mass is 32.2. The quantitative estimate of drug-likeness (QED) is 0.491. The van der Waals surface area contributed by atoms with Gasteiger partial charge in [-0.15, -0.1) is 6.58 Å². The van der Waals surface area contributed by atoms with Gasteiger partial charge in [0.1, 0.15) is 0 Å². The molecular formula is C9H15N3O2S. The Morgan fingerprint density at radius 3 is 1.93 bits per heavy atom. The van der Waals surface area contributed by atoms with Gasteiger partial charge in [0.25, 0.3) is 0 Å². The van der Waals surface area contributed by atoms with Gasteiger partial charge in [0.2, 0.25) is 10.0 Å². The third-order valence-corrected chi connectivity index (χ3v) is 2.30. The molecule has 0 aliphatic rings. The van der Waals surface area contributed by atoms with Gasteiger partial charge in [-0.2, -0.15) is 0 Å². The first kappa shape index (κ1) is 13.6. The minimum Gasteiger partial charge on any atom is -0.399 e. The van der Waals surface area contributed by atoms with E-state index < -0.39 is 10.0 Å². The molecular weight excluding hydrogens is 214 g/mol. The van der Waals surface area contributed by atoms with Crippen LogP contribution >= 0.6 is 0 Å². The molecule has 0 aliphatic heterocycles. The van der Waals surface area contributed by atoms with E-state index in [2.05, 4.69) is 6.58 Å². The van der Waals surface area contributed by atoms with E-state index in [1.807, 2.05) is 0 Å². The van der Waals surface area contributed by atoms with E-state index in [1.165, 1.54) is 24.3 Å². The molecule has 6 N–H and O–H groups in total. The lowest BCUT2D eigenvalue weighted by atomic mass is 10.3. The fourth-order valence-electron chi connectivity index (χ4n) is 0.658. The Labute approximate surface area is 89.6 Å². The lowest BCUT2D eigenvalue weighted by molar-refractivity contribution is 0.598. The maximum Gasteiger partial charge on any atom is 0.238 e. The van der Waals surface area contributed by atoms with Crippen molar-refractivity contribution in [3.8, 4) is 0 Å². The SMILES string of the molecule is C=CCN.Nc1ccc(S(N)(=O)=O)cc1. The smallest absolute Gasteiger partial charge is 0.238 e. The van der Waals surface area contributed by atoms with E-state index in [0.717, 1.165) is 0 Å². The lowest BCUT2D eigenvalue weighted by Gasteiger charge is -1.96. The largest absolute Gasteiger partial charge is 0.399 e. The van der Waals surface area contributed by atoms with Crippen molar-refractivity contribution in [2.24, 2.45) is 10.9 Å². The molecule has 0 bridgehead atoms. The number of primary sulfonamides is 1. The first-order valence-electron chi connectivity index (χ1n) is 4.11. The van der Waals surface area contributed by atoms with Crippen LogP contribution in [0, 0.1) is 0 Å². The van der Waals surface area contributed by atoms with Crippen molar-refractivity contribution in [2.45, 2.75) is 4.90 Å². The molecule has 0 saturated carbocycles. The van der Waals surface area contributed by atoms with Gasteiger partial charge in [0, 0.05) is 12.2 Å². The molecule has 0 aromatic heterocycles.